The molecule has 1 aliphatic rings. The minimum Gasteiger partial charge on any atom is -0.311 e. The molecule has 0 atom stereocenters. The molecule has 0 saturated heterocycles. The van der Waals surface area contributed by atoms with Gasteiger partial charge in [-0.15, -0.1) is 0 Å². The summed E-state index contributed by atoms with van der Waals surface area (Å²) in [5, 5.41) is 2.55. The number of hydrogen-bond donors (Lipinski definition) is 0. The molecule has 0 amide bonds. The van der Waals surface area contributed by atoms with Gasteiger partial charge in [-0.2, -0.15) is 0 Å². The van der Waals surface area contributed by atoms with E-state index >= 15 is 0 Å². The molecule has 2 nitrogen and oxygen atoms in total. The van der Waals surface area contributed by atoms with Crippen LogP contribution in [0.4, 0.5) is 17.1 Å². The van der Waals surface area contributed by atoms with Crippen molar-refractivity contribution in [3.63, 3.8) is 0 Å². The number of fused-ring (bicyclic) bond motifs is 5. The first kappa shape index (κ1) is 38.5. The molecule has 0 fully saturated rings. The number of para-hydroxylation sites is 2. The second-order valence-corrected chi connectivity index (χ2v) is 17.5. The normalized spacial score (nSPS) is 12.6. The van der Waals surface area contributed by atoms with Gasteiger partial charge in [0.25, 0.3) is 0 Å². The molecule has 0 N–H and O–H groups in total. The number of hydrogen-bond acceptors (Lipinski definition) is 1. The molecule has 2 heterocycles. The van der Waals surface area contributed by atoms with Crippen molar-refractivity contribution in [2.24, 2.45) is 0 Å². The van der Waals surface area contributed by atoms with Gasteiger partial charge in [-0.1, -0.05) is 199 Å². The molecule has 11 aromatic rings. The summed E-state index contributed by atoms with van der Waals surface area (Å²) in [4.78, 5) is 2.36. The Balaban J connectivity index is 1.02. The summed E-state index contributed by atoms with van der Waals surface area (Å²) >= 11 is 0. The summed E-state index contributed by atoms with van der Waals surface area (Å²) in [7, 11) is 0. The second kappa shape index (κ2) is 15.6. The van der Waals surface area contributed by atoms with Gasteiger partial charge in [0, 0.05) is 27.8 Å². The fourth-order valence-electron chi connectivity index (χ4n) is 10.4. The van der Waals surface area contributed by atoms with Crippen LogP contribution in [0.3, 0.4) is 0 Å². The van der Waals surface area contributed by atoms with Gasteiger partial charge in [0.2, 0.25) is 0 Å². The topological polar surface area (TPSA) is 8.17 Å². The summed E-state index contributed by atoms with van der Waals surface area (Å²) < 4.78 is 2.52. The van der Waals surface area contributed by atoms with E-state index in [1.54, 1.807) is 0 Å². The molecule has 0 unspecified atom stereocenters. The van der Waals surface area contributed by atoms with E-state index in [4.69, 9.17) is 0 Å². The molecular formula is C63H46N2. The first-order valence-electron chi connectivity index (χ1n) is 22.6. The molecule has 0 aliphatic carbocycles. The van der Waals surface area contributed by atoms with Crippen LogP contribution in [-0.2, 0) is 5.41 Å². The number of rotatable bonds is 8. The predicted octanol–water partition coefficient (Wildman–Crippen LogP) is 16.6. The summed E-state index contributed by atoms with van der Waals surface area (Å²) in [6.07, 6.45) is 0. The highest BCUT2D eigenvalue weighted by Gasteiger charge is 2.45. The third-order valence-corrected chi connectivity index (χ3v) is 13.6. The fourth-order valence-corrected chi connectivity index (χ4v) is 10.4. The van der Waals surface area contributed by atoms with E-state index in [9.17, 15) is 0 Å². The zero-order valence-corrected chi connectivity index (χ0v) is 36.5. The molecule has 65 heavy (non-hydrogen) atoms. The number of anilines is 3. The highest BCUT2D eigenvalue weighted by molar-refractivity contribution is 6.12. The van der Waals surface area contributed by atoms with Crippen LogP contribution in [0.25, 0.3) is 60.9 Å². The SMILES string of the molecule is Cc1ccc(C2(c3ccc(C)cc3)c3cc(-c4ccc(N(c5ccc(-c6ccccc6)cc5)c5ccc(-c6ccccc6)cc5)cc4)ccc3-n3c4ccccc4c4cccc2c43)cc1. The van der Waals surface area contributed by atoms with E-state index in [1.165, 1.54) is 94.3 Å². The predicted molar refractivity (Wildman–Crippen MR) is 273 cm³/mol. The molecule has 1 aliphatic heterocycles. The minimum atomic E-state index is -0.578. The quantitative estimate of drug-likeness (QED) is 0.148. The minimum absolute atomic E-state index is 0.578. The van der Waals surface area contributed by atoms with Gasteiger partial charge < -0.3 is 9.47 Å². The van der Waals surface area contributed by atoms with Gasteiger partial charge in [-0.3, -0.25) is 0 Å². The molecule has 0 spiro atoms. The molecule has 0 bridgehead atoms. The van der Waals surface area contributed by atoms with Crippen molar-refractivity contribution in [1.29, 1.82) is 0 Å². The summed E-state index contributed by atoms with van der Waals surface area (Å²) in [6.45, 7) is 4.36. The first-order valence-corrected chi connectivity index (χ1v) is 22.6. The van der Waals surface area contributed by atoms with Crippen molar-refractivity contribution in [2.75, 3.05) is 4.90 Å². The third kappa shape index (κ3) is 6.32. The Kier molecular flexibility index (Phi) is 9.21. The molecule has 12 rings (SSSR count). The lowest BCUT2D eigenvalue weighted by Gasteiger charge is -2.42. The molecule has 1 aromatic heterocycles. The summed E-state index contributed by atoms with van der Waals surface area (Å²) in [5.74, 6) is 0. The van der Waals surface area contributed by atoms with Crippen molar-refractivity contribution in [2.45, 2.75) is 19.3 Å². The molecule has 0 saturated carbocycles. The second-order valence-electron chi connectivity index (χ2n) is 17.5. The Hall–Kier alpha value is -8.20. The number of aryl methyl sites for hydroxylation is 2. The van der Waals surface area contributed by atoms with Crippen LogP contribution < -0.4 is 4.90 Å². The lowest BCUT2D eigenvalue weighted by Crippen LogP contribution is -2.35. The first-order chi connectivity index (χ1) is 32.0. The zero-order chi connectivity index (χ0) is 43.5. The highest BCUT2D eigenvalue weighted by Crippen LogP contribution is 2.55. The van der Waals surface area contributed by atoms with Crippen molar-refractivity contribution in [3.05, 3.63) is 276 Å². The van der Waals surface area contributed by atoms with E-state index in [-0.39, 0.29) is 0 Å². The Labute approximate surface area is 381 Å². The van der Waals surface area contributed by atoms with Gasteiger partial charge >= 0.3 is 0 Å². The maximum atomic E-state index is 2.52. The third-order valence-electron chi connectivity index (χ3n) is 13.6. The Morgan fingerprint density at radius 3 is 1.29 bits per heavy atom. The Bertz CT molecular complexity index is 3360. The lowest BCUT2D eigenvalue weighted by atomic mass is 9.62. The largest absolute Gasteiger partial charge is 0.311 e. The van der Waals surface area contributed by atoms with Gasteiger partial charge in [0.15, 0.2) is 0 Å². The van der Waals surface area contributed by atoms with E-state index in [0.717, 1.165) is 17.1 Å². The van der Waals surface area contributed by atoms with Gasteiger partial charge in [-0.05, 0) is 124 Å². The van der Waals surface area contributed by atoms with E-state index in [1.807, 2.05) is 0 Å². The fraction of sp³-hybridized carbons (Fsp3) is 0.0476. The average Bonchev–Trinajstić information content (AvgIpc) is 3.71. The van der Waals surface area contributed by atoms with E-state index < -0.39 is 5.41 Å². The van der Waals surface area contributed by atoms with Gasteiger partial charge in [0.1, 0.15) is 0 Å². The number of aromatic nitrogens is 1. The summed E-state index contributed by atoms with van der Waals surface area (Å²) in [6, 6.07) is 89.6. The van der Waals surface area contributed by atoms with Crippen LogP contribution >= 0.6 is 0 Å². The van der Waals surface area contributed by atoms with Crippen LogP contribution in [0.5, 0.6) is 0 Å². The smallest absolute Gasteiger partial charge is 0.0742 e. The zero-order valence-electron chi connectivity index (χ0n) is 36.5. The lowest BCUT2D eigenvalue weighted by molar-refractivity contribution is 0.727. The molecule has 10 aromatic carbocycles. The monoisotopic (exact) mass is 830 g/mol. The molecular weight excluding hydrogens is 785 g/mol. The number of benzene rings is 10. The van der Waals surface area contributed by atoms with Gasteiger partial charge in [-0.25, -0.2) is 0 Å². The van der Waals surface area contributed by atoms with E-state index in [2.05, 4.69) is 266 Å². The summed E-state index contributed by atoms with van der Waals surface area (Å²) in [5.41, 5.74) is 21.2. The maximum absolute atomic E-state index is 2.52. The van der Waals surface area contributed by atoms with Crippen LogP contribution in [0, 0.1) is 13.8 Å². The van der Waals surface area contributed by atoms with Crippen molar-refractivity contribution in [1.82, 2.24) is 4.57 Å². The average molecular weight is 831 g/mol. The molecule has 2 heteroatoms. The van der Waals surface area contributed by atoms with Crippen molar-refractivity contribution in [3.8, 4) is 39.1 Å². The highest BCUT2D eigenvalue weighted by atomic mass is 15.1. The van der Waals surface area contributed by atoms with Crippen LogP contribution in [-0.4, -0.2) is 4.57 Å². The van der Waals surface area contributed by atoms with Crippen molar-refractivity contribution < 1.29 is 0 Å². The molecule has 308 valence electrons. The Morgan fingerprint density at radius 1 is 0.338 bits per heavy atom. The van der Waals surface area contributed by atoms with Crippen LogP contribution in [0.2, 0.25) is 0 Å². The van der Waals surface area contributed by atoms with Crippen molar-refractivity contribution >= 4 is 38.9 Å². The Morgan fingerprint density at radius 2 is 0.769 bits per heavy atom. The molecule has 0 radical (unpaired) electrons. The van der Waals surface area contributed by atoms with E-state index in [0.29, 0.717) is 0 Å². The maximum Gasteiger partial charge on any atom is 0.0742 e. The van der Waals surface area contributed by atoms with Crippen LogP contribution in [0.15, 0.2) is 243 Å². The van der Waals surface area contributed by atoms with Gasteiger partial charge in [0.05, 0.1) is 22.1 Å². The number of nitrogens with zero attached hydrogens (tertiary/aromatic N) is 2. The standard InChI is InChI=1S/C63H46N2/c1-43-20-31-51(32-21-43)63(52-33-22-44(2)23-34-52)58-18-11-17-57-56-16-9-10-19-60(56)65(62(57)58)61-41-30-50(42-59(61)63)49-28-39-55(40-29-49)64(53-35-24-47(25-36-53)45-12-5-3-6-13-45)54-37-26-48(27-38-54)46-14-7-4-8-15-46/h3-42H,1-2H3. The van der Waals surface area contributed by atoms with Crippen LogP contribution in [0.1, 0.15) is 33.4 Å².